The molecule has 0 aromatic heterocycles. The first kappa shape index (κ1) is 12.5. The summed E-state index contributed by atoms with van der Waals surface area (Å²) < 4.78 is 5.34. The molecule has 2 unspecified atom stereocenters. The summed E-state index contributed by atoms with van der Waals surface area (Å²) in [5, 5.41) is 0. The molecule has 0 spiro atoms. The molecule has 0 N–H and O–H groups in total. The summed E-state index contributed by atoms with van der Waals surface area (Å²) in [6, 6.07) is 0.309. The maximum Gasteiger partial charge on any atom is 0.219 e. The van der Waals surface area contributed by atoms with Gasteiger partial charge in [0.25, 0.3) is 0 Å². The summed E-state index contributed by atoms with van der Waals surface area (Å²) >= 11 is 0. The number of rotatable bonds is 4. The van der Waals surface area contributed by atoms with Gasteiger partial charge in [-0.15, -0.1) is 0 Å². The van der Waals surface area contributed by atoms with Crippen LogP contribution in [0.5, 0.6) is 0 Å². The maximum absolute atomic E-state index is 11.6. The topological polar surface area (TPSA) is 29.5 Å². The maximum atomic E-state index is 11.6. The van der Waals surface area contributed by atoms with Crippen molar-refractivity contribution >= 4 is 5.91 Å². The smallest absolute Gasteiger partial charge is 0.219 e. The Bertz CT molecular complexity index is 210. The van der Waals surface area contributed by atoms with E-state index >= 15 is 0 Å². The van der Waals surface area contributed by atoms with E-state index in [-0.39, 0.29) is 5.91 Å². The molecule has 1 aliphatic rings. The zero-order chi connectivity index (χ0) is 11.4. The lowest BCUT2D eigenvalue weighted by molar-refractivity contribution is -0.132. The van der Waals surface area contributed by atoms with E-state index in [4.69, 9.17) is 4.74 Å². The number of carbonyl (C=O) groups excluding carboxylic acids is 1. The summed E-state index contributed by atoms with van der Waals surface area (Å²) in [6.45, 7) is 10.6. The fraction of sp³-hybridized carbons (Fsp3) is 0.917. The highest BCUT2D eigenvalue weighted by Gasteiger charge is 2.26. The van der Waals surface area contributed by atoms with E-state index in [0.29, 0.717) is 24.5 Å². The highest BCUT2D eigenvalue weighted by Crippen LogP contribution is 2.18. The molecule has 1 saturated heterocycles. The molecule has 3 nitrogen and oxygen atoms in total. The zero-order valence-electron chi connectivity index (χ0n) is 10.3. The average molecular weight is 213 g/mol. The molecule has 3 heteroatoms. The summed E-state index contributed by atoms with van der Waals surface area (Å²) in [6.07, 6.45) is 0.990. The van der Waals surface area contributed by atoms with Crippen molar-refractivity contribution in [2.75, 3.05) is 19.8 Å². The molecule has 1 aliphatic heterocycles. The lowest BCUT2D eigenvalue weighted by Crippen LogP contribution is -2.42. The summed E-state index contributed by atoms with van der Waals surface area (Å²) in [5.41, 5.74) is 0. The number of ether oxygens (including phenoxy) is 1. The average Bonchev–Trinajstić information content (AvgIpc) is 2.65. The van der Waals surface area contributed by atoms with Crippen molar-refractivity contribution in [1.82, 2.24) is 4.90 Å². The van der Waals surface area contributed by atoms with Crippen molar-refractivity contribution in [1.29, 1.82) is 0 Å². The van der Waals surface area contributed by atoms with Gasteiger partial charge in [0.15, 0.2) is 0 Å². The lowest BCUT2D eigenvalue weighted by atomic mass is 9.97. The molecule has 0 aromatic rings. The van der Waals surface area contributed by atoms with Gasteiger partial charge in [0.2, 0.25) is 5.91 Å². The van der Waals surface area contributed by atoms with E-state index in [1.807, 2.05) is 4.90 Å². The van der Waals surface area contributed by atoms with Crippen LogP contribution in [-0.2, 0) is 9.53 Å². The highest BCUT2D eigenvalue weighted by atomic mass is 16.5. The summed E-state index contributed by atoms with van der Waals surface area (Å²) in [5.74, 6) is 1.35. The number of hydrogen-bond donors (Lipinski definition) is 0. The molecule has 0 saturated carbocycles. The normalized spacial score (nSPS) is 23.1. The number of amides is 1. The molecule has 1 rings (SSSR count). The molecule has 1 amide bonds. The molecule has 0 bridgehead atoms. The van der Waals surface area contributed by atoms with Crippen LogP contribution in [-0.4, -0.2) is 36.6 Å². The highest BCUT2D eigenvalue weighted by molar-refractivity contribution is 5.73. The van der Waals surface area contributed by atoms with Gasteiger partial charge in [0.1, 0.15) is 0 Å². The minimum absolute atomic E-state index is 0.179. The Kier molecular flexibility index (Phi) is 4.58. The van der Waals surface area contributed by atoms with Gasteiger partial charge in [-0.1, -0.05) is 20.8 Å². The Labute approximate surface area is 92.8 Å². The quantitative estimate of drug-likeness (QED) is 0.714. The molecule has 88 valence electrons. The molecule has 0 radical (unpaired) electrons. The van der Waals surface area contributed by atoms with Crippen LogP contribution in [0.25, 0.3) is 0 Å². The fourth-order valence-electron chi connectivity index (χ4n) is 1.82. The minimum atomic E-state index is 0.179. The predicted octanol–water partition coefficient (Wildman–Crippen LogP) is 1.92. The Morgan fingerprint density at radius 1 is 1.47 bits per heavy atom. The van der Waals surface area contributed by atoms with E-state index in [2.05, 4.69) is 20.8 Å². The summed E-state index contributed by atoms with van der Waals surface area (Å²) in [7, 11) is 0. The largest absolute Gasteiger partial charge is 0.379 e. The van der Waals surface area contributed by atoms with Crippen LogP contribution in [0.4, 0.5) is 0 Å². The van der Waals surface area contributed by atoms with Crippen LogP contribution in [0.15, 0.2) is 0 Å². The molecule has 0 aromatic carbocycles. The van der Waals surface area contributed by atoms with Crippen molar-refractivity contribution in [3.05, 3.63) is 0 Å². The fourth-order valence-corrected chi connectivity index (χ4v) is 1.82. The third kappa shape index (κ3) is 3.49. The van der Waals surface area contributed by atoms with Gasteiger partial charge >= 0.3 is 0 Å². The molecule has 2 atom stereocenters. The van der Waals surface area contributed by atoms with E-state index in [1.54, 1.807) is 6.92 Å². The summed E-state index contributed by atoms with van der Waals surface area (Å²) in [4.78, 5) is 13.5. The van der Waals surface area contributed by atoms with Gasteiger partial charge in [0.05, 0.1) is 12.6 Å². The second-order valence-electron chi connectivity index (χ2n) is 4.91. The molecular weight excluding hydrogens is 190 g/mol. The Balaban J connectivity index is 2.53. The zero-order valence-corrected chi connectivity index (χ0v) is 10.3. The second-order valence-corrected chi connectivity index (χ2v) is 4.91. The predicted molar refractivity (Wildman–Crippen MR) is 60.6 cm³/mol. The van der Waals surface area contributed by atoms with Crippen LogP contribution >= 0.6 is 0 Å². The van der Waals surface area contributed by atoms with E-state index in [0.717, 1.165) is 19.6 Å². The minimum Gasteiger partial charge on any atom is -0.379 e. The van der Waals surface area contributed by atoms with Gasteiger partial charge in [0, 0.05) is 20.1 Å². The molecule has 0 aliphatic carbocycles. The first-order valence-corrected chi connectivity index (χ1v) is 5.87. The van der Waals surface area contributed by atoms with Crippen LogP contribution in [0.3, 0.4) is 0 Å². The van der Waals surface area contributed by atoms with Gasteiger partial charge in [-0.2, -0.15) is 0 Å². The number of carbonyl (C=O) groups is 1. The van der Waals surface area contributed by atoms with Gasteiger partial charge in [-0.05, 0) is 18.3 Å². The second kappa shape index (κ2) is 5.50. The third-order valence-electron chi connectivity index (χ3n) is 3.37. The number of nitrogens with zero attached hydrogens (tertiary/aromatic N) is 1. The van der Waals surface area contributed by atoms with Crippen molar-refractivity contribution in [2.24, 2.45) is 11.8 Å². The SMILES string of the molecule is CC(=O)N(CC(C)C(C)C)C1CCOC1. The van der Waals surface area contributed by atoms with Crippen molar-refractivity contribution in [2.45, 2.75) is 40.2 Å². The van der Waals surface area contributed by atoms with Crippen LogP contribution < -0.4 is 0 Å². The van der Waals surface area contributed by atoms with Crippen molar-refractivity contribution in [3.63, 3.8) is 0 Å². The van der Waals surface area contributed by atoms with Gasteiger partial charge in [-0.25, -0.2) is 0 Å². The molecule has 1 fully saturated rings. The standard InChI is InChI=1S/C12H23NO2/c1-9(2)10(3)7-13(11(4)14)12-5-6-15-8-12/h9-10,12H,5-8H2,1-4H3. The van der Waals surface area contributed by atoms with Crippen molar-refractivity contribution < 1.29 is 9.53 Å². The molecule has 1 heterocycles. The first-order chi connectivity index (χ1) is 7.02. The lowest BCUT2D eigenvalue weighted by Gasteiger charge is -2.31. The Morgan fingerprint density at radius 2 is 2.13 bits per heavy atom. The molecular formula is C12H23NO2. The third-order valence-corrected chi connectivity index (χ3v) is 3.37. The van der Waals surface area contributed by atoms with E-state index in [1.165, 1.54) is 0 Å². The molecule has 15 heavy (non-hydrogen) atoms. The van der Waals surface area contributed by atoms with Gasteiger partial charge in [-0.3, -0.25) is 4.79 Å². The number of hydrogen-bond acceptors (Lipinski definition) is 2. The first-order valence-electron chi connectivity index (χ1n) is 5.87. The van der Waals surface area contributed by atoms with E-state index in [9.17, 15) is 4.79 Å². The van der Waals surface area contributed by atoms with Crippen LogP contribution in [0.2, 0.25) is 0 Å². The van der Waals surface area contributed by atoms with Crippen molar-refractivity contribution in [3.8, 4) is 0 Å². The Morgan fingerprint density at radius 3 is 2.53 bits per heavy atom. The van der Waals surface area contributed by atoms with Gasteiger partial charge < -0.3 is 9.64 Å². The van der Waals surface area contributed by atoms with Crippen LogP contribution in [0, 0.1) is 11.8 Å². The Hall–Kier alpha value is -0.570. The van der Waals surface area contributed by atoms with Crippen LogP contribution in [0.1, 0.15) is 34.1 Å². The monoisotopic (exact) mass is 213 g/mol. The van der Waals surface area contributed by atoms with E-state index < -0.39 is 0 Å².